The first-order valence-electron chi connectivity index (χ1n) is 16.0. The molecule has 5 nitrogen and oxygen atoms in total. The van der Waals surface area contributed by atoms with E-state index < -0.39 is 0 Å². The molecule has 241 valence electrons. The minimum Gasteiger partial charge on any atom is -0.512 e. The molecule has 0 saturated carbocycles. The molecule has 0 spiro atoms. The molecule has 6 aromatic rings. The van der Waals surface area contributed by atoms with Gasteiger partial charge in [-0.1, -0.05) is 101 Å². The summed E-state index contributed by atoms with van der Waals surface area (Å²) in [5.74, 6) is 0.286. The van der Waals surface area contributed by atoms with Gasteiger partial charge in [-0.25, -0.2) is 4.98 Å². The van der Waals surface area contributed by atoms with Crippen molar-refractivity contribution in [1.29, 1.82) is 0 Å². The number of rotatable bonds is 8. The summed E-state index contributed by atoms with van der Waals surface area (Å²) < 4.78 is 6.20. The Hall–Kier alpha value is -3.86. The molecule has 0 unspecified atom stereocenters. The van der Waals surface area contributed by atoms with E-state index in [9.17, 15) is 9.90 Å². The molecule has 2 aromatic heterocycles. The molecule has 2 heterocycles. The second-order valence-electron chi connectivity index (χ2n) is 12.5. The van der Waals surface area contributed by atoms with Crippen LogP contribution in [0.2, 0.25) is 0 Å². The maximum Gasteiger partial charge on any atom is 0.164 e. The van der Waals surface area contributed by atoms with Gasteiger partial charge in [-0.3, -0.25) is 9.78 Å². The number of allylic oxidation sites excluding steroid dienone is 2. The SMILES string of the molecule is CCC(C)(CC)C(=O)/C=C(\O)C(C)(CC)CC.Cc1ccc2ccc3c(-c4[c-]ccc5c4oc4ccccc45)ncnc3c2c1.[Ir]. The number of furan rings is 1. The largest absolute Gasteiger partial charge is 0.512 e. The van der Waals surface area contributed by atoms with Crippen LogP contribution in [0.3, 0.4) is 0 Å². The van der Waals surface area contributed by atoms with Gasteiger partial charge in [-0.05, 0) is 55.5 Å². The number of ketones is 1. The Labute approximate surface area is 285 Å². The van der Waals surface area contributed by atoms with Crippen molar-refractivity contribution in [2.75, 3.05) is 0 Å². The Balaban J connectivity index is 0.000000234. The molecule has 0 aliphatic rings. The summed E-state index contributed by atoms with van der Waals surface area (Å²) in [4.78, 5) is 21.4. The van der Waals surface area contributed by atoms with Crippen LogP contribution < -0.4 is 0 Å². The van der Waals surface area contributed by atoms with Crippen molar-refractivity contribution in [2.24, 2.45) is 10.8 Å². The average Bonchev–Trinajstić information content (AvgIpc) is 3.46. The number of aromatic nitrogens is 2. The third-order valence-corrected chi connectivity index (χ3v) is 9.96. The Bertz CT molecular complexity index is 2030. The molecule has 4 aromatic carbocycles. The monoisotopic (exact) mass is 792 g/mol. The number of para-hydroxylation sites is 1. The number of benzene rings is 4. The summed E-state index contributed by atoms with van der Waals surface area (Å²) in [5, 5.41) is 15.6. The first kappa shape index (κ1) is 35.0. The van der Waals surface area contributed by atoms with Gasteiger partial charge in [-0.15, -0.1) is 18.2 Å². The van der Waals surface area contributed by atoms with Crippen molar-refractivity contribution >= 4 is 49.4 Å². The molecule has 0 bridgehead atoms. The third kappa shape index (κ3) is 6.52. The van der Waals surface area contributed by atoms with E-state index in [-0.39, 0.29) is 42.5 Å². The maximum absolute atomic E-state index is 12.2. The van der Waals surface area contributed by atoms with E-state index in [1.54, 1.807) is 6.33 Å². The minimum atomic E-state index is -0.337. The molecule has 1 N–H and O–H groups in total. The predicted octanol–water partition coefficient (Wildman–Crippen LogP) is 11.1. The van der Waals surface area contributed by atoms with Crippen molar-refractivity contribution in [3.8, 4) is 11.3 Å². The van der Waals surface area contributed by atoms with Crippen LogP contribution in [0.4, 0.5) is 0 Å². The van der Waals surface area contributed by atoms with Gasteiger partial charge in [-0.2, -0.15) is 0 Å². The molecule has 46 heavy (non-hydrogen) atoms. The van der Waals surface area contributed by atoms with Crippen molar-refractivity contribution < 1.29 is 34.4 Å². The number of carbonyl (C=O) groups excluding carboxylic acids is 1. The van der Waals surface area contributed by atoms with Crippen LogP contribution in [0, 0.1) is 23.8 Å². The van der Waals surface area contributed by atoms with Gasteiger partial charge in [0.05, 0.1) is 11.1 Å². The van der Waals surface area contributed by atoms with Crippen LogP contribution >= 0.6 is 0 Å². The maximum atomic E-state index is 12.2. The molecule has 6 heteroatoms. The number of aryl methyl sites for hydroxylation is 1. The normalized spacial score (nSPS) is 12.3. The van der Waals surface area contributed by atoms with E-state index in [4.69, 9.17) is 4.42 Å². The minimum absolute atomic E-state index is 0. The first-order chi connectivity index (χ1) is 21.6. The smallest absolute Gasteiger partial charge is 0.164 e. The molecular formula is C40H43IrN2O3-. The summed E-state index contributed by atoms with van der Waals surface area (Å²) in [7, 11) is 0. The van der Waals surface area contributed by atoms with Gasteiger partial charge in [0, 0.05) is 53.5 Å². The van der Waals surface area contributed by atoms with E-state index in [0.29, 0.717) is 0 Å². The van der Waals surface area contributed by atoms with Gasteiger partial charge in [0.25, 0.3) is 0 Å². The van der Waals surface area contributed by atoms with Crippen LogP contribution in [0.5, 0.6) is 0 Å². The van der Waals surface area contributed by atoms with E-state index in [1.165, 1.54) is 17.0 Å². The second kappa shape index (κ2) is 14.3. The fourth-order valence-electron chi connectivity index (χ4n) is 5.71. The van der Waals surface area contributed by atoms with Crippen molar-refractivity contribution in [1.82, 2.24) is 9.97 Å². The van der Waals surface area contributed by atoms with Gasteiger partial charge >= 0.3 is 0 Å². The summed E-state index contributed by atoms with van der Waals surface area (Å²) in [6, 6.07) is 26.1. The van der Waals surface area contributed by atoms with Gasteiger partial charge < -0.3 is 9.52 Å². The zero-order valence-electron chi connectivity index (χ0n) is 27.8. The zero-order chi connectivity index (χ0) is 32.4. The molecule has 0 saturated heterocycles. The van der Waals surface area contributed by atoms with Gasteiger partial charge in [0.1, 0.15) is 17.7 Å². The summed E-state index contributed by atoms with van der Waals surface area (Å²) in [6.45, 7) is 14.2. The summed E-state index contributed by atoms with van der Waals surface area (Å²) in [5.41, 5.74) is 4.96. The van der Waals surface area contributed by atoms with Crippen molar-refractivity contribution in [3.05, 3.63) is 96.5 Å². The van der Waals surface area contributed by atoms with Crippen LogP contribution in [0.1, 0.15) is 72.8 Å². The first-order valence-corrected chi connectivity index (χ1v) is 16.0. The molecule has 6 rings (SSSR count). The van der Waals surface area contributed by atoms with E-state index in [0.717, 1.165) is 75.2 Å². The Kier molecular flexibility index (Phi) is 10.9. The molecular weight excluding hydrogens is 749 g/mol. The molecule has 0 fully saturated rings. The number of hydrogen-bond acceptors (Lipinski definition) is 5. The van der Waals surface area contributed by atoms with Crippen LogP contribution in [0.25, 0.3) is 54.9 Å². The Morgan fingerprint density at radius 1 is 0.848 bits per heavy atom. The van der Waals surface area contributed by atoms with E-state index in [1.807, 2.05) is 71.9 Å². The zero-order valence-corrected chi connectivity index (χ0v) is 30.2. The van der Waals surface area contributed by atoms with Crippen molar-refractivity contribution in [2.45, 2.75) is 74.1 Å². The molecule has 0 aliphatic heterocycles. The average molecular weight is 792 g/mol. The standard InChI is InChI=1S/C25H15N2O.C15H28O2.Ir/c1-15-9-10-16-11-12-19-23(26-14-27-24(19)21(16)13-15)20-7-4-6-18-17-5-2-3-8-22(17)28-25(18)20;1-7-14(5,8-2)12(16)11-13(17)15(6,9-3)10-4;/h2-6,8-14H,1H3;11,16H,7-10H2,1-6H3;/q-1;;/b;12-11-;. The van der Waals surface area contributed by atoms with Crippen LogP contribution in [-0.2, 0) is 24.9 Å². The molecule has 0 amide bonds. The fourth-order valence-corrected chi connectivity index (χ4v) is 5.71. The number of nitrogens with zero attached hydrogens (tertiary/aromatic N) is 2. The third-order valence-electron chi connectivity index (χ3n) is 9.96. The second-order valence-corrected chi connectivity index (χ2v) is 12.5. The molecule has 1 radical (unpaired) electrons. The number of fused-ring (bicyclic) bond motifs is 6. The fraction of sp³-hybridized carbons (Fsp3) is 0.325. The van der Waals surface area contributed by atoms with E-state index >= 15 is 0 Å². The van der Waals surface area contributed by atoms with Crippen molar-refractivity contribution in [3.63, 3.8) is 0 Å². The number of carbonyl (C=O) groups is 1. The van der Waals surface area contributed by atoms with E-state index in [2.05, 4.69) is 59.4 Å². The van der Waals surface area contributed by atoms with Crippen LogP contribution in [0.15, 0.2) is 89.3 Å². The molecule has 0 aliphatic carbocycles. The number of hydrogen-bond donors (Lipinski definition) is 1. The predicted molar refractivity (Wildman–Crippen MR) is 186 cm³/mol. The number of aliphatic hydroxyl groups excluding tert-OH is 1. The van der Waals surface area contributed by atoms with Crippen LogP contribution in [-0.4, -0.2) is 20.9 Å². The Morgan fingerprint density at radius 2 is 1.52 bits per heavy atom. The summed E-state index contributed by atoms with van der Waals surface area (Å²) in [6.07, 6.45) is 6.39. The Morgan fingerprint density at radius 3 is 2.22 bits per heavy atom. The number of aliphatic hydroxyl groups is 1. The topological polar surface area (TPSA) is 76.2 Å². The quantitative estimate of drug-likeness (QED) is 0.0719. The van der Waals surface area contributed by atoms with Gasteiger partial charge in [0.2, 0.25) is 0 Å². The summed E-state index contributed by atoms with van der Waals surface area (Å²) >= 11 is 0. The van der Waals surface area contributed by atoms with Gasteiger partial charge in [0.15, 0.2) is 5.78 Å². The molecule has 0 atom stereocenters.